The van der Waals surface area contributed by atoms with Crippen LogP contribution in [0.2, 0.25) is 0 Å². The van der Waals surface area contributed by atoms with Crippen LogP contribution in [-0.2, 0) is 67.5 Å². The minimum absolute atomic E-state index is 0.0217. The highest BCUT2D eigenvalue weighted by atomic mass is 19.4. The van der Waals surface area contributed by atoms with Crippen molar-refractivity contribution in [3.05, 3.63) is 130 Å². The number of hydrogen-bond acceptors (Lipinski definition) is 9. The zero-order valence-electron chi connectivity index (χ0n) is 41.2. The van der Waals surface area contributed by atoms with Crippen LogP contribution in [-0.4, -0.2) is 116 Å². The number of likely N-dealkylation sites (tertiary alicyclic amines) is 2. The molecule has 15 nitrogen and oxygen atoms in total. The van der Waals surface area contributed by atoms with E-state index in [1.807, 2.05) is 68.1 Å². The third kappa shape index (κ3) is 11.3. The SMILES string of the molecule is CC(C)(C)OC(=O)N1CCC2(CC1)Cc1cc(/C=C/C(=O)N3CCc4ccccc4C3)cnc1NC2=O.O=C(/C=C/c1cnc2c(c1)CC1(CCN(C(=O)C(F)(F)F)CC1)C(=O)N2)N1CCc2ccccc2C1. The van der Waals surface area contributed by atoms with Gasteiger partial charge in [0.05, 0.1) is 10.8 Å². The molecule has 4 aromatic rings. The van der Waals surface area contributed by atoms with E-state index in [4.69, 9.17) is 4.74 Å². The Hall–Kier alpha value is -7.37. The number of carbonyl (C=O) groups excluding carboxylic acids is 6. The van der Waals surface area contributed by atoms with Crippen LogP contribution in [0.3, 0.4) is 0 Å². The molecular formula is C55H59F3N8O7. The molecule has 0 bridgehead atoms. The first-order valence-corrected chi connectivity index (χ1v) is 24.8. The molecule has 0 atom stereocenters. The lowest BCUT2D eigenvalue weighted by molar-refractivity contribution is -0.187. The Labute approximate surface area is 421 Å². The predicted octanol–water partition coefficient (Wildman–Crippen LogP) is 7.54. The fourth-order valence-corrected chi connectivity index (χ4v) is 10.6. The number of piperidine rings is 2. The summed E-state index contributed by atoms with van der Waals surface area (Å²) in [6, 6.07) is 20.2. The Kier molecular flexibility index (Phi) is 14.0. The number of anilines is 2. The number of pyridine rings is 2. The van der Waals surface area contributed by atoms with Gasteiger partial charge in [-0.3, -0.25) is 24.0 Å². The number of nitrogens with one attached hydrogen (secondary N) is 2. The molecule has 382 valence electrons. The molecule has 18 heteroatoms. The lowest BCUT2D eigenvalue weighted by Gasteiger charge is -2.43. The van der Waals surface area contributed by atoms with Crippen LogP contribution in [0, 0.1) is 10.8 Å². The summed E-state index contributed by atoms with van der Waals surface area (Å²) < 4.78 is 43.9. The third-order valence-corrected chi connectivity index (χ3v) is 14.8. The molecule has 2 spiro atoms. The van der Waals surface area contributed by atoms with Crippen molar-refractivity contribution in [2.45, 2.75) is 97.0 Å². The Balaban J connectivity index is 0.000000180. The molecule has 6 aliphatic heterocycles. The molecule has 0 unspecified atom stereocenters. The number of hydrogen-bond donors (Lipinski definition) is 2. The molecule has 2 saturated heterocycles. The van der Waals surface area contributed by atoms with Gasteiger partial charge in [0, 0.05) is 76.9 Å². The lowest BCUT2D eigenvalue weighted by Crippen LogP contribution is -2.53. The maximum atomic E-state index is 13.1. The standard InChI is InChI=1S/C29H34N4O4.C26H25F3N4O3/c1-28(2,3)37-27(36)32-14-11-29(12-15-32)17-23-16-20(18-30-25(23)31-26(29)35)8-9-24(34)33-13-10-21-6-4-5-7-22(21)19-33;27-26(28,29)24(36)32-11-8-25(9-12-32)14-20-13-17(15-30-22(20)31-23(25)35)5-6-21(34)33-10-7-18-3-1-2-4-19(18)16-33/h4-9,16,18H,10-15,17,19H2,1-3H3,(H,30,31,35);1-6,13,15H,7-12,14,16H2,(H,30,31,35)/b9-8+;6-5+. The normalized spacial score (nSPS) is 19.0. The van der Waals surface area contributed by atoms with Crippen LogP contribution in [0.5, 0.6) is 0 Å². The van der Waals surface area contributed by atoms with Crippen molar-refractivity contribution in [1.29, 1.82) is 0 Å². The summed E-state index contributed by atoms with van der Waals surface area (Å²) in [6.45, 7) is 8.74. The van der Waals surface area contributed by atoms with Gasteiger partial charge >= 0.3 is 18.2 Å². The molecular weight excluding hydrogens is 942 g/mol. The van der Waals surface area contributed by atoms with E-state index in [-0.39, 0.29) is 55.7 Å². The number of rotatable bonds is 4. The number of carbonyl (C=O) groups is 6. The number of alkyl halides is 3. The summed E-state index contributed by atoms with van der Waals surface area (Å²) in [5, 5.41) is 5.74. The Bertz CT molecular complexity index is 2900. The molecule has 8 heterocycles. The summed E-state index contributed by atoms with van der Waals surface area (Å²) in [5.41, 5.74) is 6.10. The first-order chi connectivity index (χ1) is 34.8. The van der Waals surface area contributed by atoms with Crippen molar-refractivity contribution in [2.24, 2.45) is 10.8 Å². The van der Waals surface area contributed by atoms with E-state index < -0.39 is 28.5 Å². The third-order valence-electron chi connectivity index (χ3n) is 14.8. The Morgan fingerprint density at radius 1 is 0.589 bits per heavy atom. The van der Waals surface area contributed by atoms with Crippen molar-refractivity contribution >= 4 is 59.4 Å². The molecule has 0 radical (unpaired) electrons. The quantitative estimate of drug-likeness (QED) is 0.196. The topological polar surface area (TPSA) is 174 Å². The molecule has 0 aliphatic carbocycles. The number of ether oxygens (including phenoxy) is 1. The number of nitrogens with zero attached hydrogens (tertiary/aromatic N) is 6. The summed E-state index contributed by atoms with van der Waals surface area (Å²) >= 11 is 0. The fraction of sp³-hybridized carbons (Fsp3) is 0.418. The van der Waals surface area contributed by atoms with E-state index in [9.17, 15) is 41.9 Å². The zero-order valence-corrected chi connectivity index (χ0v) is 41.2. The molecule has 2 aromatic carbocycles. The maximum absolute atomic E-state index is 13.1. The molecule has 6 aliphatic rings. The second-order valence-corrected chi connectivity index (χ2v) is 20.9. The van der Waals surface area contributed by atoms with Gasteiger partial charge in [-0.25, -0.2) is 14.8 Å². The van der Waals surface area contributed by atoms with Crippen LogP contribution in [0.25, 0.3) is 12.2 Å². The van der Waals surface area contributed by atoms with Crippen molar-refractivity contribution in [3.63, 3.8) is 0 Å². The Morgan fingerprint density at radius 3 is 1.41 bits per heavy atom. The van der Waals surface area contributed by atoms with Gasteiger partial charge in [0.15, 0.2) is 0 Å². The predicted molar refractivity (Wildman–Crippen MR) is 266 cm³/mol. The number of amides is 6. The van der Waals surface area contributed by atoms with Gasteiger partial charge in [0.1, 0.15) is 17.2 Å². The van der Waals surface area contributed by atoms with E-state index >= 15 is 0 Å². The number of benzene rings is 2. The van der Waals surface area contributed by atoms with E-state index in [2.05, 4.69) is 38.8 Å². The van der Waals surface area contributed by atoms with E-state index in [1.54, 1.807) is 40.4 Å². The van der Waals surface area contributed by atoms with Gasteiger partial charge in [-0.15, -0.1) is 0 Å². The minimum Gasteiger partial charge on any atom is -0.444 e. The van der Waals surface area contributed by atoms with Gasteiger partial charge in [0.2, 0.25) is 23.6 Å². The molecule has 2 N–H and O–H groups in total. The van der Waals surface area contributed by atoms with Gasteiger partial charge in [0.25, 0.3) is 0 Å². The van der Waals surface area contributed by atoms with E-state index in [0.717, 1.165) is 40.0 Å². The molecule has 10 rings (SSSR count). The van der Waals surface area contributed by atoms with Gasteiger partial charge in [-0.05, 0) is 141 Å². The number of aromatic nitrogens is 2. The second-order valence-electron chi connectivity index (χ2n) is 20.9. The van der Waals surface area contributed by atoms with Crippen LogP contribution >= 0.6 is 0 Å². The summed E-state index contributed by atoms with van der Waals surface area (Å²) in [4.78, 5) is 90.4. The molecule has 0 saturated carbocycles. The van der Waals surface area contributed by atoms with Crippen LogP contribution in [0.1, 0.15) is 91.0 Å². The lowest BCUT2D eigenvalue weighted by atomic mass is 9.71. The van der Waals surface area contributed by atoms with Gasteiger partial charge in [-0.1, -0.05) is 48.5 Å². The smallest absolute Gasteiger partial charge is 0.444 e. The zero-order chi connectivity index (χ0) is 51.7. The highest BCUT2D eigenvalue weighted by Crippen LogP contribution is 2.43. The van der Waals surface area contributed by atoms with Crippen molar-refractivity contribution in [1.82, 2.24) is 29.6 Å². The maximum Gasteiger partial charge on any atom is 0.471 e. The number of fused-ring (bicyclic) bond motifs is 4. The summed E-state index contributed by atoms with van der Waals surface area (Å²) in [5.74, 6) is -1.34. The second kappa shape index (κ2) is 20.3. The van der Waals surface area contributed by atoms with Crippen molar-refractivity contribution in [3.8, 4) is 0 Å². The first kappa shape index (κ1) is 50.6. The monoisotopic (exact) mass is 1000 g/mol. The molecule has 73 heavy (non-hydrogen) atoms. The van der Waals surface area contributed by atoms with E-state index in [1.165, 1.54) is 22.8 Å². The minimum atomic E-state index is -4.92. The van der Waals surface area contributed by atoms with Crippen LogP contribution in [0.4, 0.5) is 29.6 Å². The van der Waals surface area contributed by atoms with Gasteiger partial charge in [-0.2, -0.15) is 13.2 Å². The molecule has 2 aromatic heterocycles. The Morgan fingerprint density at radius 2 is 1.00 bits per heavy atom. The highest BCUT2D eigenvalue weighted by Gasteiger charge is 2.50. The van der Waals surface area contributed by atoms with Crippen LogP contribution < -0.4 is 10.6 Å². The first-order valence-electron chi connectivity index (χ1n) is 24.8. The largest absolute Gasteiger partial charge is 0.471 e. The average Bonchev–Trinajstić information content (AvgIpc) is 3.37. The van der Waals surface area contributed by atoms with Gasteiger partial charge < -0.3 is 35.0 Å². The van der Waals surface area contributed by atoms with Crippen LogP contribution in [0.15, 0.2) is 85.2 Å². The molecule has 2 fully saturated rings. The molecule has 6 amide bonds. The van der Waals surface area contributed by atoms with Crippen molar-refractivity contribution in [2.75, 3.05) is 49.9 Å². The average molecular weight is 1000 g/mol. The van der Waals surface area contributed by atoms with Crippen molar-refractivity contribution < 1.29 is 46.7 Å². The summed E-state index contributed by atoms with van der Waals surface area (Å²) in [7, 11) is 0. The highest BCUT2D eigenvalue weighted by molar-refractivity contribution is 5.99. The number of halogens is 3. The summed E-state index contributed by atoms with van der Waals surface area (Å²) in [6.07, 6.45) is 8.51. The van der Waals surface area contributed by atoms with E-state index in [0.29, 0.717) is 82.2 Å². The fourth-order valence-electron chi connectivity index (χ4n) is 10.6.